The maximum absolute atomic E-state index is 2.41. The van der Waals surface area contributed by atoms with Crippen molar-refractivity contribution in [3.05, 3.63) is 29.0 Å². The van der Waals surface area contributed by atoms with Gasteiger partial charge < -0.3 is 0 Å². The first-order chi connectivity index (χ1) is 6.24. The molecule has 0 radical (unpaired) electrons. The molecule has 2 aromatic rings. The van der Waals surface area contributed by atoms with E-state index in [0.29, 0.717) is 0 Å². The average Bonchev–Trinajstić information content (AvgIpc) is 2.60. The molecule has 0 aromatic carbocycles. The molecule has 0 saturated carbocycles. The van der Waals surface area contributed by atoms with Crippen LogP contribution in [0.4, 0.5) is 0 Å². The minimum atomic E-state index is 1.16. The van der Waals surface area contributed by atoms with Crippen LogP contribution in [0.1, 0.15) is 11.1 Å². The van der Waals surface area contributed by atoms with Crippen LogP contribution in [0, 0.1) is 5.77 Å². The summed E-state index contributed by atoms with van der Waals surface area (Å²) in [5, 5.41) is 0. The Hall–Kier alpha value is 0.860. The zero-order valence-electron chi connectivity index (χ0n) is 6.43. The Labute approximate surface area is 112 Å². The van der Waals surface area contributed by atoms with E-state index in [1.807, 2.05) is 22.7 Å². The first kappa shape index (κ1) is 9.11. The highest BCUT2D eigenvalue weighted by molar-refractivity contribution is 14.1. The van der Waals surface area contributed by atoms with Crippen molar-refractivity contribution < 1.29 is 0 Å². The van der Waals surface area contributed by atoms with Gasteiger partial charge in [-0.25, -0.2) is 0 Å². The molecule has 0 amide bonds. The Morgan fingerprint density at radius 2 is 1.38 bits per heavy atom. The molecule has 0 aliphatic heterocycles. The minimum Gasteiger partial charge on any atom is -0.128 e. The molecule has 0 atom stereocenters. The van der Waals surface area contributed by atoms with Crippen molar-refractivity contribution in [1.29, 1.82) is 0 Å². The van der Waals surface area contributed by atoms with Crippen molar-refractivity contribution in [3.63, 3.8) is 0 Å². The fourth-order valence-electron chi connectivity index (χ4n) is 1.64. The topological polar surface area (TPSA) is 0 Å². The van der Waals surface area contributed by atoms with Crippen molar-refractivity contribution >= 4 is 67.9 Å². The first-order valence-corrected chi connectivity index (χ1v) is 7.60. The van der Waals surface area contributed by atoms with Gasteiger partial charge in [-0.2, -0.15) is 0 Å². The van der Waals surface area contributed by atoms with Gasteiger partial charge in [0, 0.05) is 16.2 Å². The highest BCUT2D eigenvalue weighted by Gasteiger charge is 2.23. The van der Waals surface area contributed by atoms with Crippen molar-refractivity contribution in [2.45, 2.75) is 6.42 Å². The molecule has 0 spiro atoms. The van der Waals surface area contributed by atoms with Crippen LogP contribution in [-0.4, -0.2) is 0 Å². The quantitative estimate of drug-likeness (QED) is 0.458. The van der Waals surface area contributed by atoms with Gasteiger partial charge in [0.15, 0.2) is 0 Å². The number of rotatable bonds is 0. The predicted octanol–water partition coefficient (Wildman–Crippen LogP) is 4.59. The maximum atomic E-state index is 2.41. The number of hydrogen-bond donors (Lipinski definition) is 0. The van der Waals surface area contributed by atoms with E-state index in [0.717, 1.165) is 6.42 Å². The minimum absolute atomic E-state index is 1.16. The van der Waals surface area contributed by atoms with Crippen LogP contribution in [0.5, 0.6) is 0 Å². The highest BCUT2D eigenvalue weighted by atomic mass is 127. The third kappa shape index (κ3) is 1.40. The molecule has 0 bridgehead atoms. The standard InChI is InChI=1S/C9H4I2S2/c10-6-2-4-1-5-3-7(11)13-9(5)8(4)12-6/h2-3H,1H2. The second-order valence-corrected chi connectivity index (χ2v) is 8.88. The van der Waals surface area contributed by atoms with E-state index in [4.69, 9.17) is 0 Å². The lowest BCUT2D eigenvalue weighted by Gasteiger charge is -1.85. The van der Waals surface area contributed by atoms with E-state index in [2.05, 4.69) is 57.3 Å². The number of fused-ring (bicyclic) bond motifs is 3. The van der Waals surface area contributed by atoms with Crippen LogP contribution in [-0.2, 0) is 6.42 Å². The molecule has 13 heavy (non-hydrogen) atoms. The van der Waals surface area contributed by atoms with Gasteiger partial charge in [-0.3, -0.25) is 0 Å². The van der Waals surface area contributed by atoms with Crippen molar-refractivity contribution in [1.82, 2.24) is 0 Å². The Morgan fingerprint density at radius 1 is 0.923 bits per heavy atom. The third-order valence-electron chi connectivity index (χ3n) is 2.14. The van der Waals surface area contributed by atoms with E-state index in [-0.39, 0.29) is 0 Å². The lowest BCUT2D eigenvalue weighted by atomic mass is 10.2. The summed E-state index contributed by atoms with van der Waals surface area (Å²) in [7, 11) is 0. The molecular formula is C9H4I2S2. The lowest BCUT2D eigenvalue weighted by Crippen LogP contribution is -1.74. The van der Waals surface area contributed by atoms with Gasteiger partial charge in [-0.05, 0) is 68.4 Å². The number of halogens is 2. The smallest absolute Gasteiger partial charge is 0.0663 e. The van der Waals surface area contributed by atoms with E-state index < -0.39 is 0 Å². The van der Waals surface area contributed by atoms with E-state index >= 15 is 0 Å². The average molecular weight is 430 g/mol. The summed E-state index contributed by atoms with van der Waals surface area (Å²) in [5.74, 6) is 0. The van der Waals surface area contributed by atoms with E-state index in [9.17, 15) is 0 Å². The van der Waals surface area contributed by atoms with Crippen molar-refractivity contribution in [2.24, 2.45) is 0 Å². The zero-order chi connectivity index (χ0) is 9.00. The van der Waals surface area contributed by atoms with Gasteiger partial charge in [-0.15, -0.1) is 22.7 Å². The number of hydrogen-bond acceptors (Lipinski definition) is 2. The molecule has 0 saturated heterocycles. The van der Waals surface area contributed by atoms with Crippen LogP contribution in [0.15, 0.2) is 12.1 Å². The van der Waals surface area contributed by atoms with Gasteiger partial charge in [0.1, 0.15) is 0 Å². The zero-order valence-corrected chi connectivity index (χ0v) is 12.4. The molecule has 1 aliphatic rings. The van der Waals surface area contributed by atoms with E-state index in [1.165, 1.54) is 26.6 Å². The monoisotopic (exact) mass is 430 g/mol. The summed E-state index contributed by atoms with van der Waals surface area (Å²) in [6.45, 7) is 0. The summed E-state index contributed by atoms with van der Waals surface area (Å²) in [5.41, 5.74) is 3.07. The second-order valence-electron chi connectivity index (χ2n) is 2.99. The molecule has 3 rings (SSSR count). The Balaban J connectivity index is 2.28. The van der Waals surface area contributed by atoms with Crippen LogP contribution in [0.2, 0.25) is 0 Å². The fourth-order valence-corrected chi connectivity index (χ4v) is 5.73. The molecule has 0 nitrogen and oxygen atoms in total. The van der Waals surface area contributed by atoms with Gasteiger partial charge >= 0.3 is 0 Å². The number of thiophene rings is 2. The lowest BCUT2D eigenvalue weighted by molar-refractivity contribution is 1.28. The van der Waals surface area contributed by atoms with Gasteiger partial charge in [0.2, 0.25) is 0 Å². The third-order valence-corrected chi connectivity index (χ3v) is 6.18. The maximum Gasteiger partial charge on any atom is 0.0663 e. The Bertz CT molecular complexity index is 438. The molecular weight excluding hydrogens is 426 g/mol. The molecule has 1 aliphatic carbocycles. The summed E-state index contributed by atoms with van der Waals surface area (Å²) in [6.07, 6.45) is 1.16. The second kappa shape index (κ2) is 3.18. The summed E-state index contributed by atoms with van der Waals surface area (Å²) in [4.78, 5) is 3.04. The normalized spacial score (nSPS) is 13.1. The SMILES string of the molecule is Ic1cc2c(s1)-c1sc(I)cc1C2. The van der Waals surface area contributed by atoms with Crippen LogP contribution in [0.25, 0.3) is 9.75 Å². The molecule has 0 N–H and O–H groups in total. The van der Waals surface area contributed by atoms with Crippen LogP contribution in [0.3, 0.4) is 0 Å². The van der Waals surface area contributed by atoms with Crippen molar-refractivity contribution in [2.75, 3.05) is 0 Å². The summed E-state index contributed by atoms with van der Waals surface area (Å²) >= 11 is 8.67. The summed E-state index contributed by atoms with van der Waals surface area (Å²) < 4.78 is 2.83. The molecule has 0 fully saturated rings. The highest BCUT2D eigenvalue weighted by Crippen LogP contribution is 2.46. The fraction of sp³-hybridized carbons (Fsp3) is 0.111. The molecule has 2 heterocycles. The Kier molecular flexibility index (Phi) is 2.23. The summed E-state index contributed by atoms with van der Waals surface area (Å²) in [6, 6.07) is 4.64. The largest absolute Gasteiger partial charge is 0.128 e. The molecule has 66 valence electrons. The van der Waals surface area contributed by atoms with Gasteiger partial charge in [-0.1, -0.05) is 0 Å². The predicted molar refractivity (Wildman–Crippen MR) is 75.9 cm³/mol. The Morgan fingerprint density at radius 3 is 1.85 bits per heavy atom. The first-order valence-electron chi connectivity index (χ1n) is 3.81. The molecule has 0 unspecified atom stereocenters. The van der Waals surface area contributed by atoms with Gasteiger partial charge in [0.25, 0.3) is 0 Å². The molecule has 2 aromatic heterocycles. The molecule has 4 heteroatoms. The van der Waals surface area contributed by atoms with Crippen LogP contribution >= 0.6 is 67.9 Å². The van der Waals surface area contributed by atoms with Gasteiger partial charge in [0.05, 0.1) is 5.77 Å². The van der Waals surface area contributed by atoms with E-state index in [1.54, 1.807) is 0 Å². The van der Waals surface area contributed by atoms with Crippen LogP contribution < -0.4 is 0 Å². The van der Waals surface area contributed by atoms with Crippen molar-refractivity contribution in [3.8, 4) is 9.75 Å².